The summed E-state index contributed by atoms with van der Waals surface area (Å²) in [6.45, 7) is 6.15. The Labute approximate surface area is 211 Å². The number of quaternary nitrogens is 1. The average Bonchev–Trinajstić information content (AvgIpc) is 3.29. The van der Waals surface area contributed by atoms with Gasteiger partial charge in [-0.3, -0.25) is 20.2 Å². The lowest BCUT2D eigenvalue weighted by molar-refractivity contribution is -0.888. The SMILES string of the molecule is C[N+](C)(CCCN1C=CN(CCCNc2ccc([N+](=O)[O-])cc2)C1)CCNc1ccccc1[N+](=O)[O-]. The van der Waals surface area contributed by atoms with E-state index in [1.54, 1.807) is 30.3 Å². The van der Waals surface area contributed by atoms with Crippen LogP contribution in [-0.4, -0.2) is 84.2 Å². The number of benzene rings is 2. The molecule has 0 fully saturated rings. The van der Waals surface area contributed by atoms with Crippen LogP contribution in [0, 0.1) is 20.2 Å². The van der Waals surface area contributed by atoms with E-state index in [-0.39, 0.29) is 16.3 Å². The van der Waals surface area contributed by atoms with E-state index in [1.165, 1.54) is 18.2 Å². The number of nitro groups is 2. The predicted molar refractivity (Wildman–Crippen MR) is 142 cm³/mol. The maximum Gasteiger partial charge on any atom is 0.292 e. The van der Waals surface area contributed by atoms with Crippen molar-refractivity contribution in [3.63, 3.8) is 0 Å². The molecular weight excluding hydrogens is 462 g/mol. The first-order chi connectivity index (χ1) is 17.2. The summed E-state index contributed by atoms with van der Waals surface area (Å²) in [6, 6.07) is 13.2. The van der Waals surface area contributed by atoms with Crippen LogP contribution >= 0.6 is 0 Å². The van der Waals surface area contributed by atoms with Gasteiger partial charge in [-0.05, 0) is 24.6 Å². The summed E-state index contributed by atoms with van der Waals surface area (Å²) in [7, 11) is 4.37. The van der Waals surface area contributed by atoms with E-state index in [0.717, 1.165) is 62.4 Å². The Hall–Kier alpha value is -3.86. The highest BCUT2D eigenvalue weighted by atomic mass is 16.6. The van der Waals surface area contributed by atoms with E-state index in [1.807, 2.05) is 0 Å². The lowest BCUT2D eigenvalue weighted by atomic mass is 10.2. The summed E-state index contributed by atoms with van der Waals surface area (Å²) in [5.74, 6) is 0. The van der Waals surface area contributed by atoms with Gasteiger partial charge in [0.05, 0.1) is 50.2 Å². The molecule has 0 bridgehead atoms. The molecule has 11 nitrogen and oxygen atoms in total. The zero-order valence-electron chi connectivity index (χ0n) is 21.0. The van der Waals surface area contributed by atoms with Crippen molar-refractivity contribution in [2.45, 2.75) is 12.8 Å². The maximum atomic E-state index is 11.2. The second-order valence-electron chi connectivity index (χ2n) is 9.59. The molecule has 2 N–H and O–H groups in total. The molecule has 0 atom stereocenters. The number of anilines is 2. The zero-order valence-corrected chi connectivity index (χ0v) is 21.0. The number of nitrogens with one attached hydrogen (secondary N) is 2. The van der Waals surface area contributed by atoms with Crippen LogP contribution in [0.1, 0.15) is 12.8 Å². The first kappa shape index (κ1) is 26.7. The van der Waals surface area contributed by atoms with Crippen molar-refractivity contribution in [2.75, 3.05) is 70.7 Å². The van der Waals surface area contributed by atoms with Gasteiger partial charge in [0.2, 0.25) is 0 Å². The fourth-order valence-corrected chi connectivity index (χ4v) is 4.11. The smallest absolute Gasteiger partial charge is 0.292 e. The minimum Gasteiger partial charge on any atom is -0.385 e. The summed E-state index contributed by atoms with van der Waals surface area (Å²) < 4.78 is 0.837. The molecule has 0 spiro atoms. The topological polar surface area (TPSA) is 117 Å². The van der Waals surface area contributed by atoms with Gasteiger partial charge in [0, 0.05) is 62.3 Å². The van der Waals surface area contributed by atoms with Crippen LogP contribution in [0.15, 0.2) is 60.9 Å². The molecule has 36 heavy (non-hydrogen) atoms. The van der Waals surface area contributed by atoms with Crippen molar-refractivity contribution in [3.05, 3.63) is 81.2 Å². The third-order valence-electron chi connectivity index (χ3n) is 6.22. The Morgan fingerprint density at radius 3 is 2.17 bits per heavy atom. The third kappa shape index (κ3) is 8.42. The molecule has 1 aliphatic heterocycles. The molecule has 194 valence electrons. The van der Waals surface area contributed by atoms with Crippen LogP contribution in [0.4, 0.5) is 22.7 Å². The minimum absolute atomic E-state index is 0.0974. The number of likely N-dealkylation sites (N-methyl/N-ethyl adjacent to an activating group) is 1. The van der Waals surface area contributed by atoms with Gasteiger partial charge >= 0.3 is 0 Å². The first-order valence-electron chi connectivity index (χ1n) is 12.2. The van der Waals surface area contributed by atoms with Crippen LogP contribution in [-0.2, 0) is 0 Å². The molecule has 0 saturated carbocycles. The van der Waals surface area contributed by atoms with Crippen molar-refractivity contribution in [1.29, 1.82) is 0 Å². The Kier molecular flexibility index (Phi) is 9.46. The molecule has 2 aromatic rings. The van der Waals surface area contributed by atoms with Gasteiger partial charge in [0.25, 0.3) is 11.4 Å². The second kappa shape index (κ2) is 12.7. The van der Waals surface area contributed by atoms with E-state index in [0.29, 0.717) is 12.2 Å². The normalized spacial score (nSPS) is 13.2. The third-order valence-corrected chi connectivity index (χ3v) is 6.22. The molecule has 2 aromatic carbocycles. The van der Waals surface area contributed by atoms with Crippen LogP contribution in [0.2, 0.25) is 0 Å². The monoisotopic (exact) mass is 498 g/mol. The second-order valence-corrected chi connectivity index (χ2v) is 9.59. The van der Waals surface area contributed by atoms with E-state index in [9.17, 15) is 20.2 Å². The van der Waals surface area contributed by atoms with Gasteiger partial charge in [-0.15, -0.1) is 0 Å². The van der Waals surface area contributed by atoms with Crippen LogP contribution in [0.25, 0.3) is 0 Å². The van der Waals surface area contributed by atoms with E-state index >= 15 is 0 Å². The van der Waals surface area contributed by atoms with Crippen LogP contribution < -0.4 is 10.6 Å². The standard InChI is InChI=1S/C25H36N7O4/c1-32(2,20-14-27-24-7-3-4-8-25(24)31(35)36)19-6-16-29-18-17-28(21-29)15-5-13-26-22-9-11-23(12-10-22)30(33)34/h3-4,7-12,17-18,26-27H,5-6,13-16,19-21H2,1-2H3/q+1. The molecule has 0 unspecified atom stereocenters. The molecule has 3 rings (SSSR count). The Balaban J connectivity index is 1.27. The molecular formula is C25H36N7O4+. The molecule has 0 aromatic heterocycles. The number of nitrogens with zero attached hydrogens (tertiary/aromatic N) is 5. The zero-order chi connectivity index (χ0) is 26.0. The fraction of sp³-hybridized carbons (Fsp3) is 0.440. The molecule has 11 heteroatoms. The van der Waals surface area contributed by atoms with Crippen molar-refractivity contribution >= 4 is 22.7 Å². The van der Waals surface area contributed by atoms with Crippen molar-refractivity contribution in [3.8, 4) is 0 Å². The lowest BCUT2D eigenvalue weighted by Crippen LogP contribution is -2.44. The van der Waals surface area contributed by atoms with Crippen molar-refractivity contribution in [1.82, 2.24) is 9.80 Å². The lowest BCUT2D eigenvalue weighted by Gasteiger charge is -2.31. The summed E-state index contributed by atoms with van der Waals surface area (Å²) in [4.78, 5) is 25.7. The number of nitro benzene ring substituents is 2. The van der Waals surface area contributed by atoms with E-state index < -0.39 is 4.92 Å². The van der Waals surface area contributed by atoms with Gasteiger partial charge in [0.15, 0.2) is 0 Å². The molecule has 0 aliphatic carbocycles. The molecule has 0 saturated heterocycles. The predicted octanol–water partition coefficient (Wildman–Crippen LogP) is 3.93. The minimum atomic E-state index is -0.395. The highest BCUT2D eigenvalue weighted by molar-refractivity contribution is 5.61. The summed E-state index contributed by atoms with van der Waals surface area (Å²) >= 11 is 0. The van der Waals surface area contributed by atoms with Crippen LogP contribution in [0.5, 0.6) is 0 Å². The molecule has 0 radical (unpaired) electrons. The van der Waals surface area contributed by atoms with E-state index in [4.69, 9.17) is 0 Å². The Bertz CT molecular complexity index is 1040. The Morgan fingerprint density at radius 1 is 0.833 bits per heavy atom. The molecule has 1 heterocycles. The van der Waals surface area contributed by atoms with Crippen LogP contribution in [0.3, 0.4) is 0 Å². The number of hydrogen-bond donors (Lipinski definition) is 2. The van der Waals surface area contributed by atoms with Gasteiger partial charge < -0.3 is 24.9 Å². The number of non-ortho nitro benzene ring substituents is 1. The fourth-order valence-electron chi connectivity index (χ4n) is 4.11. The average molecular weight is 499 g/mol. The van der Waals surface area contributed by atoms with Gasteiger partial charge in [-0.25, -0.2) is 0 Å². The number of para-hydroxylation sites is 2. The van der Waals surface area contributed by atoms with Gasteiger partial charge in [-0.2, -0.15) is 0 Å². The highest BCUT2D eigenvalue weighted by Crippen LogP contribution is 2.23. The first-order valence-corrected chi connectivity index (χ1v) is 12.2. The highest BCUT2D eigenvalue weighted by Gasteiger charge is 2.18. The number of rotatable bonds is 15. The van der Waals surface area contributed by atoms with Crippen molar-refractivity contribution < 1.29 is 14.3 Å². The summed E-state index contributed by atoms with van der Waals surface area (Å²) in [5.41, 5.74) is 1.65. The Morgan fingerprint density at radius 2 is 1.50 bits per heavy atom. The summed E-state index contributed by atoms with van der Waals surface area (Å²) in [5, 5.41) is 28.4. The summed E-state index contributed by atoms with van der Waals surface area (Å²) in [6.07, 6.45) is 6.28. The largest absolute Gasteiger partial charge is 0.385 e. The van der Waals surface area contributed by atoms with E-state index in [2.05, 4.69) is 46.9 Å². The van der Waals surface area contributed by atoms with Crippen molar-refractivity contribution in [2.24, 2.45) is 0 Å². The quantitative estimate of drug-likeness (QED) is 0.164. The molecule has 1 aliphatic rings. The molecule has 0 amide bonds. The van der Waals surface area contributed by atoms with Gasteiger partial charge in [-0.1, -0.05) is 12.1 Å². The van der Waals surface area contributed by atoms with Gasteiger partial charge in [0.1, 0.15) is 5.69 Å². The maximum absolute atomic E-state index is 11.2. The number of hydrogen-bond acceptors (Lipinski definition) is 8.